The summed E-state index contributed by atoms with van der Waals surface area (Å²) < 4.78 is 1.30. The van der Waals surface area contributed by atoms with Crippen molar-refractivity contribution in [3.8, 4) is 0 Å². The van der Waals surface area contributed by atoms with Crippen LogP contribution in [-0.4, -0.2) is 14.6 Å². The second-order valence-corrected chi connectivity index (χ2v) is 4.95. The predicted octanol–water partition coefficient (Wildman–Crippen LogP) is 2.92. The number of rotatable bonds is 2. The Morgan fingerprint density at radius 3 is 2.68 bits per heavy atom. The lowest BCUT2D eigenvalue weighted by Gasteiger charge is -2.07. The van der Waals surface area contributed by atoms with Crippen LogP contribution in [0.4, 0.5) is 0 Å². The Balaban J connectivity index is 2.08. The van der Waals surface area contributed by atoms with Crippen molar-refractivity contribution < 1.29 is 0 Å². The van der Waals surface area contributed by atoms with Gasteiger partial charge in [-0.25, -0.2) is 0 Å². The molecule has 0 amide bonds. The second kappa shape index (κ2) is 4.72. The van der Waals surface area contributed by atoms with Crippen LogP contribution in [0.5, 0.6) is 0 Å². The van der Waals surface area contributed by atoms with E-state index in [0.29, 0.717) is 22.1 Å². The molecule has 19 heavy (non-hydrogen) atoms. The molecule has 0 radical (unpaired) electrons. The average Bonchev–Trinajstić information content (AvgIpc) is 2.83. The van der Waals surface area contributed by atoms with Gasteiger partial charge in [-0.2, -0.15) is 9.61 Å². The Bertz CT molecular complexity index is 787. The van der Waals surface area contributed by atoms with Gasteiger partial charge in [0.2, 0.25) is 0 Å². The lowest BCUT2D eigenvalue weighted by Crippen LogP contribution is -2.15. The van der Waals surface area contributed by atoms with Crippen molar-refractivity contribution >= 4 is 28.8 Å². The van der Waals surface area contributed by atoms with Crippen LogP contribution < -0.4 is 5.56 Å². The van der Waals surface area contributed by atoms with Gasteiger partial charge >= 0.3 is 0 Å². The zero-order valence-electron chi connectivity index (χ0n) is 9.73. The maximum Gasteiger partial charge on any atom is 0.274 e. The molecule has 1 N–H and O–H groups in total. The van der Waals surface area contributed by atoms with Crippen LogP contribution in [0.2, 0.25) is 10.0 Å². The molecule has 0 fully saturated rings. The molecule has 0 aliphatic rings. The highest BCUT2D eigenvalue weighted by Crippen LogP contribution is 2.26. The number of halogens is 2. The molecule has 4 nitrogen and oxygen atoms in total. The quantitative estimate of drug-likeness (QED) is 0.790. The number of H-pyrrole nitrogens is 1. The smallest absolute Gasteiger partial charge is 0.274 e. The minimum atomic E-state index is -0.183. The molecule has 0 spiro atoms. The van der Waals surface area contributed by atoms with Crippen LogP contribution >= 0.6 is 23.2 Å². The normalized spacial score (nSPS) is 11.1. The molecule has 0 saturated heterocycles. The van der Waals surface area contributed by atoms with E-state index in [0.717, 1.165) is 11.3 Å². The van der Waals surface area contributed by atoms with Gasteiger partial charge in [0.25, 0.3) is 5.56 Å². The van der Waals surface area contributed by atoms with Crippen molar-refractivity contribution in [1.29, 1.82) is 0 Å². The molecule has 3 rings (SSSR count). The van der Waals surface area contributed by atoms with Gasteiger partial charge in [-0.05, 0) is 17.7 Å². The highest BCUT2D eigenvalue weighted by molar-refractivity contribution is 6.36. The van der Waals surface area contributed by atoms with Gasteiger partial charge in [0, 0.05) is 34.3 Å². The van der Waals surface area contributed by atoms with Gasteiger partial charge in [0.15, 0.2) is 0 Å². The van der Waals surface area contributed by atoms with Crippen molar-refractivity contribution in [2.45, 2.75) is 6.42 Å². The molecule has 2 heterocycles. The lowest BCUT2D eigenvalue weighted by molar-refractivity contribution is 0.881. The zero-order chi connectivity index (χ0) is 13.4. The number of hydrogen-bond donors (Lipinski definition) is 1. The Hall–Kier alpha value is -1.78. The van der Waals surface area contributed by atoms with Crippen molar-refractivity contribution in [2.24, 2.45) is 0 Å². The number of benzene rings is 1. The molecule has 1 aromatic carbocycles. The number of aromatic nitrogens is 3. The fourth-order valence-electron chi connectivity index (χ4n) is 1.97. The molecule has 96 valence electrons. The molecule has 0 unspecified atom stereocenters. The molecular weight excluding hydrogens is 285 g/mol. The maximum absolute atomic E-state index is 11.8. The zero-order valence-corrected chi connectivity index (χ0v) is 11.2. The van der Waals surface area contributed by atoms with Crippen LogP contribution in [-0.2, 0) is 6.42 Å². The van der Waals surface area contributed by atoms with Crippen molar-refractivity contribution in [3.05, 3.63) is 68.2 Å². The summed E-state index contributed by atoms with van der Waals surface area (Å²) in [5, 5.41) is 5.09. The Morgan fingerprint density at radius 1 is 1.21 bits per heavy atom. The summed E-state index contributed by atoms with van der Waals surface area (Å²) in [7, 11) is 0. The van der Waals surface area contributed by atoms with Gasteiger partial charge in [-0.15, -0.1) is 0 Å². The highest BCUT2D eigenvalue weighted by atomic mass is 35.5. The molecule has 0 bridgehead atoms. The number of hydrogen-bond acceptors (Lipinski definition) is 2. The molecule has 0 aliphatic heterocycles. The monoisotopic (exact) mass is 293 g/mol. The predicted molar refractivity (Wildman–Crippen MR) is 75.1 cm³/mol. The SMILES string of the molecule is O=c1cc(Cc2c(Cl)cccc2Cl)[nH]c2ccnn12. The van der Waals surface area contributed by atoms with Crippen molar-refractivity contribution in [1.82, 2.24) is 14.6 Å². The van der Waals surface area contributed by atoms with Crippen LogP contribution in [0.1, 0.15) is 11.3 Å². The summed E-state index contributed by atoms with van der Waals surface area (Å²) in [5.74, 6) is 0. The van der Waals surface area contributed by atoms with E-state index in [-0.39, 0.29) is 5.56 Å². The molecule has 0 atom stereocenters. The lowest BCUT2D eigenvalue weighted by atomic mass is 10.1. The molecule has 0 aliphatic carbocycles. The molecule has 2 aromatic heterocycles. The van der Waals surface area contributed by atoms with Gasteiger partial charge < -0.3 is 4.98 Å². The molecular formula is C13H9Cl2N3O. The van der Waals surface area contributed by atoms with Gasteiger partial charge in [-0.3, -0.25) is 4.79 Å². The summed E-state index contributed by atoms with van der Waals surface area (Å²) in [5.41, 5.74) is 2.00. The third kappa shape index (κ3) is 2.25. The molecule has 0 saturated carbocycles. The van der Waals surface area contributed by atoms with Crippen LogP contribution in [0.25, 0.3) is 5.65 Å². The fraction of sp³-hybridized carbons (Fsp3) is 0.0769. The van der Waals surface area contributed by atoms with Gasteiger partial charge in [0.1, 0.15) is 5.65 Å². The minimum absolute atomic E-state index is 0.183. The summed E-state index contributed by atoms with van der Waals surface area (Å²) in [6.07, 6.45) is 2.04. The number of nitrogens with zero attached hydrogens (tertiary/aromatic N) is 2. The topological polar surface area (TPSA) is 50.2 Å². The first-order valence-electron chi connectivity index (χ1n) is 5.64. The first-order chi connectivity index (χ1) is 9.15. The van der Waals surface area contributed by atoms with E-state index in [4.69, 9.17) is 23.2 Å². The van der Waals surface area contributed by atoms with Crippen molar-refractivity contribution in [3.63, 3.8) is 0 Å². The maximum atomic E-state index is 11.8. The first kappa shape index (κ1) is 12.3. The first-order valence-corrected chi connectivity index (χ1v) is 6.39. The van der Waals surface area contributed by atoms with E-state index in [1.54, 1.807) is 30.5 Å². The van der Waals surface area contributed by atoms with Gasteiger partial charge in [0.05, 0.1) is 6.20 Å². The number of fused-ring (bicyclic) bond motifs is 1. The van der Waals surface area contributed by atoms with E-state index in [1.165, 1.54) is 10.6 Å². The number of aromatic amines is 1. The second-order valence-electron chi connectivity index (χ2n) is 4.14. The van der Waals surface area contributed by atoms with Crippen LogP contribution in [0.15, 0.2) is 41.3 Å². The average molecular weight is 294 g/mol. The summed E-state index contributed by atoms with van der Waals surface area (Å²) >= 11 is 12.2. The van der Waals surface area contributed by atoms with E-state index < -0.39 is 0 Å². The Kier molecular flexibility index (Phi) is 3.05. The van der Waals surface area contributed by atoms with E-state index in [9.17, 15) is 4.79 Å². The third-order valence-corrected chi connectivity index (χ3v) is 3.57. The van der Waals surface area contributed by atoms with E-state index in [2.05, 4.69) is 10.1 Å². The number of nitrogens with one attached hydrogen (secondary N) is 1. The van der Waals surface area contributed by atoms with Crippen molar-refractivity contribution in [2.75, 3.05) is 0 Å². The Morgan fingerprint density at radius 2 is 1.95 bits per heavy atom. The molecule has 6 heteroatoms. The highest BCUT2D eigenvalue weighted by Gasteiger charge is 2.08. The fourth-order valence-corrected chi connectivity index (χ4v) is 2.50. The van der Waals surface area contributed by atoms with Crippen LogP contribution in [0, 0.1) is 0 Å². The largest absolute Gasteiger partial charge is 0.343 e. The summed E-state index contributed by atoms with van der Waals surface area (Å²) in [6.45, 7) is 0. The standard InChI is InChI=1S/C13H9Cl2N3O/c14-10-2-1-3-11(15)9(10)6-8-7-13(19)18-12(17-8)4-5-16-18/h1-5,7,17H,6H2. The van der Waals surface area contributed by atoms with Crippen LogP contribution in [0.3, 0.4) is 0 Å². The Labute approximate surface area is 118 Å². The summed E-state index contributed by atoms with van der Waals surface area (Å²) in [6, 6.07) is 8.58. The molecule has 3 aromatic rings. The summed E-state index contributed by atoms with van der Waals surface area (Å²) in [4.78, 5) is 15.0. The minimum Gasteiger partial charge on any atom is -0.343 e. The van der Waals surface area contributed by atoms with E-state index >= 15 is 0 Å². The third-order valence-electron chi connectivity index (χ3n) is 2.87. The van der Waals surface area contributed by atoms with Gasteiger partial charge in [-0.1, -0.05) is 29.3 Å². The van der Waals surface area contributed by atoms with E-state index in [1.807, 2.05) is 0 Å².